The van der Waals surface area contributed by atoms with Crippen molar-refractivity contribution in [2.24, 2.45) is 0 Å². The van der Waals surface area contributed by atoms with Gasteiger partial charge in [-0.05, 0) is 24.6 Å². The van der Waals surface area contributed by atoms with Gasteiger partial charge in [-0.1, -0.05) is 23.7 Å². The van der Waals surface area contributed by atoms with Crippen molar-refractivity contribution in [3.8, 4) is 0 Å². The molecule has 0 amide bonds. The molecule has 1 aromatic carbocycles. The lowest BCUT2D eigenvalue weighted by Gasteiger charge is -2.14. The minimum atomic E-state index is -3.61. The standard InChI is InChI=1S/C11H14ClNO4S/c1-8(9-3-2-4-10(12)7-9)13-18(16,17)6-5-11(14)15/h2-4,7-8,13H,5-6H2,1H3,(H,14,15)/t8-/m0/s1. The molecule has 2 N–H and O–H groups in total. The van der Waals surface area contributed by atoms with Crippen LogP contribution in [0.3, 0.4) is 0 Å². The fourth-order valence-corrected chi connectivity index (χ4v) is 2.83. The summed E-state index contributed by atoms with van der Waals surface area (Å²) >= 11 is 5.81. The molecule has 0 aliphatic carbocycles. The average Bonchev–Trinajstić information content (AvgIpc) is 2.26. The monoisotopic (exact) mass is 291 g/mol. The summed E-state index contributed by atoms with van der Waals surface area (Å²) in [4.78, 5) is 10.3. The quantitative estimate of drug-likeness (QED) is 0.837. The third-order valence-corrected chi connectivity index (χ3v) is 3.98. The van der Waals surface area contributed by atoms with E-state index in [1.165, 1.54) is 0 Å². The molecule has 0 unspecified atom stereocenters. The van der Waals surface area contributed by atoms with E-state index in [4.69, 9.17) is 16.7 Å². The molecule has 0 fully saturated rings. The molecule has 1 aromatic rings. The Morgan fingerprint density at radius 2 is 2.17 bits per heavy atom. The fourth-order valence-electron chi connectivity index (χ4n) is 1.39. The van der Waals surface area contributed by atoms with Crippen LogP contribution in [-0.4, -0.2) is 25.2 Å². The molecule has 0 radical (unpaired) electrons. The largest absolute Gasteiger partial charge is 0.481 e. The van der Waals surface area contributed by atoms with E-state index in [9.17, 15) is 13.2 Å². The van der Waals surface area contributed by atoms with Gasteiger partial charge in [0.05, 0.1) is 12.2 Å². The predicted octanol–water partition coefficient (Wildman–Crippen LogP) is 1.80. The van der Waals surface area contributed by atoms with E-state index in [0.29, 0.717) is 5.02 Å². The van der Waals surface area contributed by atoms with Crippen molar-refractivity contribution < 1.29 is 18.3 Å². The molecule has 0 spiro atoms. The molecule has 5 nitrogen and oxygen atoms in total. The molecule has 18 heavy (non-hydrogen) atoms. The molecule has 0 aromatic heterocycles. The van der Waals surface area contributed by atoms with Crippen molar-refractivity contribution in [2.45, 2.75) is 19.4 Å². The van der Waals surface area contributed by atoms with Gasteiger partial charge < -0.3 is 5.11 Å². The number of nitrogens with one attached hydrogen (secondary N) is 1. The third kappa shape index (κ3) is 5.03. The molecule has 100 valence electrons. The maximum absolute atomic E-state index is 11.6. The van der Waals surface area contributed by atoms with Gasteiger partial charge in [-0.15, -0.1) is 0 Å². The second-order valence-electron chi connectivity index (χ2n) is 3.86. The SMILES string of the molecule is C[C@H](NS(=O)(=O)CCC(=O)O)c1cccc(Cl)c1. The molecule has 7 heteroatoms. The second kappa shape index (κ2) is 6.17. The highest BCUT2D eigenvalue weighted by atomic mass is 35.5. The Hall–Kier alpha value is -1.11. The van der Waals surface area contributed by atoms with E-state index in [0.717, 1.165) is 5.56 Å². The van der Waals surface area contributed by atoms with Crippen LogP contribution in [0.15, 0.2) is 24.3 Å². The number of sulfonamides is 1. The smallest absolute Gasteiger partial charge is 0.304 e. The minimum absolute atomic E-state index is 0.419. The average molecular weight is 292 g/mol. The van der Waals surface area contributed by atoms with Gasteiger partial charge in [-0.25, -0.2) is 13.1 Å². The maximum atomic E-state index is 11.6. The molecule has 1 rings (SSSR count). The predicted molar refractivity (Wildman–Crippen MR) is 69.0 cm³/mol. The van der Waals surface area contributed by atoms with Gasteiger partial charge in [0.25, 0.3) is 0 Å². The lowest BCUT2D eigenvalue weighted by atomic mass is 10.1. The van der Waals surface area contributed by atoms with E-state index in [2.05, 4.69) is 4.72 Å². The van der Waals surface area contributed by atoms with Gasteiger partial charge in [-0.2, -0.15) is 0 Å². The van der Waals surface area contributed by atoms with Gasteiger partial charge in [0, 0.05) is 11.1 Å². The molecular weight excluding hydrogens is 278 g/mol. The van der Waals surface area contributed by atoms with Crippen molar-refractivity contribution in [3.63, 3.8) is 0 Å². The van der Waals surface area contributed by atoms with Crippen LogP contribution in [0.25, 0.3) is 0 Å². The van der Waals surface area contributed by atoms with E-state index >= 15 is 0 Å². The van der Waals surface area contributed by atoms with Crippen LogP contribution in [0.5, 0.6) is 0 Å². The molecule has 0 aliphatic heterocycles. The van der Waals surface area contributed by atoms with Gasteiger partial charge in [-0.3, -0.25) is 4.79 Å². The summed E-state index contributed by atoms with van der Waals surface area (Å²) in [5.41, 5.74) is 0.724. The van der Waals surface area contributed by atoms with Crippen LogP contribution in [0.2, 0.25) is 5.02 Å². The highest BCUT2D eigenvalue weighted by Gasteiger charge is 2.17. The Labute approximate surface area is 111 Å². The number of hydrogen-bond donors (Lipinski definition) is 2. The van der Waals surface area contributed by atoms with Crippen LogP contribution >= 0.6 is 11.6 Å². The number of rotatable bonds is 6. The summed E-state index contributed by atoms with van der Waals surface area (Å²) in [6.45, 7) is 1.67. The number of halogens is 1. The molecule has 0 saturated carbocycles. The second-order valence-corrected chi connectivity index (χ2v) is 6.17. The van der Waals surface area contributed by atoms with Crippen LogP contribution < -0.4 is 4.72 Å². The van der Waals surface area contributed by atoms with Gasteiger partial charge in [0.2, 0.25) is 10.0 Å². The highest BCUT2D eigenvalue weighted by molar-refractivity contribution is 7.89. The first-order valence-electron chi connectivity index (χ1n) is 5.27. The van der Waals surface area contributed by atoms with E-state index < -0.39 is 34.2 Å². The summed E-state index contributed by atoms with van der Waals surface area (Å²) in [5, 5.41) is 8.97. The summed E-state index contributed by atoms with van der Waals surface area (Å²) < 4.78 is 25.6. The van der Waals surface area contributed by atoms with Crippen molar-refractivity contribution in [3.05, 3.63) is 34.9 Å². The lowest BCUT2D eigenvalue weighted by Crippen LogP contribution is -2.30. The summed E-state index contributed by atoms with van der Waals surface area (Å²) in [6.07, 6.45) is -0.419. The van der Waals surface area contributed by atoms with E-state index in [1.807, 2.05) is 0 Å². The lowest BCUT2D eigenvalue weighted by molar-refractivity contribution is -0.136. The molecule has 0 aliphatic rings. The fraction of sp³-hybridized carbons (Fsp3) is 0.364. The Kier molecular flexibility index (Phi) is 5.13. The summed E-state index contributed by atoms with van der Waals surface area (Å²) in [6, 6.07) is 6.36. The molecule has 1 atom stereocenters. The van der Waals surface area contributed by atoms with Crippen LogP contribution in [0, 0.1) is 0 Å². The van der Waals surface area contributed by atoms with Gasteiger partial charge in [0.1, 0.15) is 0 Å². The number of carboxylic acid groups (broad SMARTS) is 1. The number of aliphatic carboxylic acids is 1. The normalized spacial score (nSPS) is 13.2. The number of hydrogen-bond acceptors (Lipinski definition) is 3. The molecule has 0 heterocycles. The van der Waals surface area contributed by atoms with E-state index in [-0.39, 0.29) is 0 Å². The third-order valence-electron chi connectivity index (χ3n) is 2.29. The Morgan fingerprint density at radius 3 is 2.72 bits per heavy atom. The number of carboxylic acids is 1. The van der Waals surface area contributed by atoms with Crippen LogP contribution in [0.1, 0.15) is 24.9 Å². The zero-order chi connectivity index (χ0) is 13.8. The maximum Gasteiger partial charge on any atom is 0.304 e. The molecular formula is C11H14ClNO4S. The van der Waals surface area contributed by atoms with E-state index in [1.54, 1.807) is 31.2 Å². The Balaban J connectivity index is 2.69. The topological polar surface area (TPSA) is 83.5 Å². The number of benzene rings is 1. The first kappa shape index (κ1) is 14.9. The molecule has 0 saturated heterocycles. The van der Waals surface area contributed by atoms with Crippen molar-refractivity contribution >= 4 is 27.6 Å². The summed E-state index contributed by atoms with van der Waals surface area (Å²) in [7, 11) is -3.61. The van der Waals surface area contributed by atoms with Gasteiger partial charge >= 0.3 is 5.97 Å². The zero-order valence-corrected chi connectivity index (χ0v) is 11.3. The molecule has 0 bridgehead atoms. The van der Waals surface area contributed by atoms with Crippen molar-refractivity contribution in [1.82, 2.24) is 4.72 Å². The zero-order valence-electron chi connectivity index (χ0n) is 9.76. The van der Waals surface area contributed by atoms with Crippen LogP contribution in [-0.2, 0) is 14.8 Å². The Bertz CT molecular complexity index is 530. The Morgan fingerprint density at radius 1 is 1.50 bits per heavy atom. The minimum Gasteiger partial charge on any atom is -0.481 e. The first-order valence-corrected chi connectivity index (χ1v) is 7.30. The first-order chi connectivity index (χ1) is 8.30. The summed E-state index contributed by atoms with van der Waals surface area (Å²) in [5.74, 6) is -1.58. The van der Waals surface area contributed by atoms with Gasteiger partial charge in [0.15, 0.2) is 0 Å². The van der Waals surface area contributed by atoms with Crippen molar-refractivity contribution in [2.75, 3.05) is 5.75 Å². The van der Waals surface area contributed by atoms with Crippen molar-refractivity contribution in [1.29, 1.82) is 0 Å². The highest BCUT2D eigenvalue weighted by Crippen LogP contribution is 2.18. The number of carbonyl (C=O) groups is 1. The van der Waals surface area contributed by atoms with Crippen LogP contribution in [0.4, 0.5) is 0 Å².